The number of aryl methyl sites for hydroxylation is 1. The molecule has 126 valence electrons. The SMILES string of the molecule is CN(C)C(=O)C(OC(=O)c1cc([N+](=O)[O-])cn1C)c1ccccc1. The van der Waals surface area contributed by atoms with E-state index in [9.17, 15) is 19.7 Å². The van der Waals surface area contributed by atoms with Crippen LogP contribution in [0.2, 0.25) is 0 Å². The van der Waals surface area contributed by atoms with Crippen molar-refractivity contribution in [3.63, 3.8) is 0 Å². The lowest BCUT2D eigenvalue weighted by Crippen LogP contribution is -2.31. The molecule has 0 spiro atoms. The van der Waals surface area contributed by atoms with Gasteiger partial charge in [-0.25, -0.2) is 4.79 Å². The molecule has 2 aromatic rings. The fraction of sp³-hybridized carbons (Fsp3) is 0.250. The van der Waals surface area contributed by atoms with Crippen molar-refractivity contribution in [1.29, 1.82) is 0 Å². The van der Waals surface area contributed by atoms with Crippen LogP contribution < -0.4 is 0 Å². The number of likely N-dealkylation sites (N-methyl/N-ethyl adjacent to an activating group) is 1. The number of nitro groups is 1. The molecule has 0 aliphatic carbocycles. The normalized spacial score (nSPS) is 11.6. The lowest BCUT2D eigenvalue weighted by atomic mass is 10.1. The summed E-state index contributed by atoms with van der Waals surface area (Å²) in [5, 5.41) is 10.8. The molecular formula is C16H17N3O5. The molecule has 0 saturated heterocycles. The maximum absolute atomic E-state index is 12.4. The summed E-state index contributed by atoms with van der Waals surface area (Å²) in [6, 6.07) is 9.70. The Morgan fingerprint density at radius 2 is 1.88 bits per heavy atom. The molecule has 0 radical (unpaired) electrons. The summed E-state index contributed by atoms with van der Waals surface area (Å²) in [7, 11) is 4.60. The van der Waals surface area contributed by atoms with E-state index < -0.39 is 22.9 Å². The molecule has 0 N–H and O–H groups in total. The van der Waals surface area contributed by atoms with E-state index in [1.54, 1.807) is 44.4 Å². The van der Waals surface area contributed by atoms with Crippen molar-refractivity contribution < 1.29 is 19.2 Å². The zero-order valence-electron chi connectivity index (χ0n) is 13.5. The highest BCUT2D eigenvalue weighted by Crippen LogP contribution is 2.23. The van der Waals surface area contributed by atoms with E-state index in [2.05, 4.69) is 0 Å². The third-order valence-corrected chi connectivity index (χ3v) is 3.40. The second-order valence-corrected chi connectivity index (χ2v) is 5.38. The second kappa shape index (κ2) is 6.95. The Bertz CT molecular complexity index is 767. The molecule has 1 aromatic carbocycles. The highest BCUT2D eigenvalue weighted by atomic mass is 16.6. The number of carbonyl (C=O) groups is 2. The molecule has 1 unspecified atom stereocenters. The van der Waals surface area contributed by atoms with Crippen molar-refractivity contribution in [2.75, 3.05) is 14.1 Å². The van der Waals surface area contributed by atoms with Crippen LogP contribution in [0.4, 0.5) is 5.69 Å². The van der Waals surface area contributed by atoms with Gasteiger partial charge < -0.3 is 14.2 Å². The molecule has 0 bridgehead atoms. The Kier molecular flexibility index (Phi) is 4.98. The Morgan fingerprint density at radius 1 is 1.25 bits per heavy atom. The standard InChI is InChI=1S/C16H17N3O5/c1-17(2)15(20)14(11-7-5-4-6-8-11)24-16(21)13-9-12(19(22)23)10-18(13)3/h4-10,14H,1-3H3. The zero-order valence-corrected chi connectivity index (χ0v) is 13.5. The molecule has 2 rings (SSSR count). The van der Waals surface area contributed by atoms with Gasteiger partial charge in [-0.3, -0.25) is 14.9 Å². The number of nitrogens with zero attached hydrogens (tertiary/aromatic N) is 3. The van der Waals surface area contributed by atoms with Crippen LogP contribution in [0.3, 0.4) is 0 Å². The summed E-state index contributed by atoms with van der Waals surface area (Å²) in [4.78, 5) is 36.2. The van der Waals surface area contributed by atoms with Crippen molar-refractivity contribution in [2.45, 2.75) is 6.10 Å². The lowest BCUT2D eigenvalue weighted by molar-refractivity contribution is -0.384. The van der Waals surface area contributed by atoms with Gasteiger partial charge >= 0.3 is 5.97 Å². The Morgan fingerprint density at radius 3 is 2.38 bits per heavy atom. The number of hydrogen-bond acceptors (Lipinski definition) is 5. The third-order valence-electron chi connectivity index (χ3n) is 3.40. The first-order valence-corrected chi connectivity index (χ1v) is 7.09. The van der Waals surface area contributed by atoms with Crippen molar-refractivity contribution in [3.05, 3.63) is 64.0 Å². The molecule has 0 aliphatic rings. The van der Waals surface area contributed by atoms with E-state index in [-0.39, 0.29) is 11.4 Å². The van der Waals surface area contributed by atoms with Gasteiger partial charge in [-0.1, -0.05) is 30.3 Å². The summed E-state index contributed by atoms with van der Waals surface area (Å²) in [5.74, 6) is -1.21. The first-order valence-electron chi connectivity index (χ1n) is 7.09. The van der Waals surface area contributed by atoms with Crippen LogP contribution in [0.15, 0.2) is 42.6 Å². The van der Waals surface area contributed by atoms with Crippen molar-refractivity contribution in [1.82, 2.24) is 9.47 Å². The molecular weight excluding hydrogens is 314 g/mol. The molecule has 0 fully saturated rings. The van der Waals surface area contributed by atoms with E-state index in [1.165, 1.54) is 22.7 Å². The summed E-state index contributed by atoms with van der Waals surface area (Å²) in [5.41, 5.74) is 0.294. The lowest BCUT2D eigenvalue weighted by Gasteiger charge is -2.21. The number of hydrogen-bond donors (Lipinski definition) is 0. The topological polar surface area (TPSA) is 94.7 Å². The van der Waals surface area contributed by atoms with Gasteiger partial charge in [0.1, 0.15) is 5.69 Å². The number of ether oxygens (including phenoxy) is 1. The number of aromatic nitrogens is 1. The molecule has 8 heteroatoms. The Balaban J connectivity index is 2.31. The van der Waals surface area contributed by atoms with Gasteiger partial charge in [0.05, 0.1) is 11.1 Å². The van der Waals surface area contributed by atoms with E-state index >= 15 is 0 Å². The molecule has 1 amide bonds. The first-order chi connectivity index (χ1) is 11.3. The largest absolute Gasteiger partial charge is 0.443 e. The Hall–Kier alpha value is -3.16. The summed E-state index contributed by atoms with van der Waals surface area (Å²) in [6.45, 7) is 0. The average molecular weight is 331 g/mol. The Labute approximate surface area is 138 Å². The monoisotopic (exact) mass is 331 g/mol. The van der Waals surface area contributed by atoms with Crippen molar-refractivity contribution >= 4 is 17.6 Å². The smallest absolute Gasteiger partial charge is 0.356 e. The number of benzene rings is 1. The predicted octanol–water partition coefficient (Wildman–Crippen LogP) is 1.92. The van der Waals surface area contributed by atoms with Crippen LogP contribution in [0.1, 0.15) is 22.2 Å². The first kappa shape index (κ1) is 17.2. The molecule has 8 nitrogen and oxygen atoms in total. The van der Waals surface area contributed by atoms with Crippen LogP contribution in [-0.2, 0) is 16.6 Å². The maximum atomic E-state index is 12.4. The van der Waals surface area contributed by atoms with Crippen LogP contribution >= 0.6 is 0 Å². The van der Waals surface area contributed by atoms with Gasteiger partial charge in [-0.2, -0.15) is 0 Å². The van der Waals surface area contributed by atoms with Gasteiger partial charge in [0.15, 0.2) is 0 Å². The fourth-order valence-electron chi connectivity index (χ4n) is 2.14. The second-order valence-electron chi connectivity index (χ2n) is 5.38. The van der Waals surface area contributed by atoms with Crippen molar-refractivity contribution in [3.8, 4) is 0 Å². The fourth-order valence-corrected chi connectivity index (χ4v) is 2.14. The van der Waals surface area contributed by atoms with E-state index in [4.69, 9.17) is 4.74 Å². The van der Waals surface area contributed by atoms with E-state index in [1.807, 2.05) is 0 Å². The van der Waals surface area contributed by atoms with Crippen LogP contribution in [0.25, 0.3) is 0 Å². The molecule has 1 heterocycles. The predicted molar refractivity (Wildman–Crippen MR) is 85.4 cm³/mol. The summed E-state index contributed by atoms with van der Waals surface area (Å²) < 4.78 is 6.64. The van der Waals surface area contributed by atoms with Gasteiger partial charge in [0.2, 0.25) is 6.10 Å². The number of amides is 1. The maximum Gasteiger partial charge on any atom is 0.356 e. The van der Waals surface area contributed by atoms with E-state index in [0.29, 0.717) is 5.56 Å². The van der Waals surface area contributed by atoms with Crippen LogP contribution in [0.5, 0.6) is 0 Å². The molecule has 1 atom stereocenters. The minimum Gasteiger partial charge on any atom is -0.443 e. The quantitative estimate of drug-likeness (QED) is 0.474. The minimum absolute atomic E-state index is 0.00538. The summed E-state index contributed by atoms with van der Waals surface area (Å²) >= 11 is 0. The average Bonchev–Trinajstić information content (AvgIpc) is 2.94. The van der Waals surface area contributed by atoms with Gasteiger partial charge in [-0.15, -0.1) is 0 Å². The number of carbonyl (C=O) groups excluding carboxylic acids is 2. The van der Waals surface area contributed by atoms with Gasteiger partial charge in [0, 0.05) is 32.8 Å². The van der Waals surface area contributed by atoms with Gasteiger partial charge in [0.25, 0.3) is 11.6 Å². The molecule has 1 aromatic heterocycles. The minimum atomic E-state index is -1.12. The number of esters is 1. The zero-order chi connectivity index (χ0) is 17.9. The highest BCUT2D eigenvalue weighted by molar-refractivity contribution is 5.92. The highest BCUT2D eigenvalue weighted by Gasteiger charge is 2.29. The summed E-state index contributed by atoms with van der Waals surface area (Å²) in [6.07, 6.45) is 0.0877. The molecule has 0 aliphatic heterocycles. The van der Waals surface area contributed by atoms with E-state index in [0.717, 1.165) is 6.07 Å². The van der Waals surface area contributed by atoms with Crippen LogP contribution in [0, 0.1) is 10.1 Å². The third kappa shape index (κ3) is 3.60. The van der Waals surface area contributed by atoms with Crippen molar-refractivity contribution in [2.24, 2.45) is 7.05 Å². The molecule has 0 saturated carbocycles. The van der Waals surface area contributed by atoms with Crippen LogP contribution in [-0.4, -0.2) is 40.4 Å². The van der Waals surface area contributed by atoms with Gasteiger partial charge in [-0.05, 0) is 0 Å². The number of rotatable bonds is 5. The molecule has 24 heavy (non-hydrogen) atoms.